The van der Waals surface area contributed by atoms with Crippen LogP contribution in [0.4, 0.5) is 0 Å². The van der Waals surface area contributed by atoms with Gasteiger partial charge in [0.05, 0.1) is 13.2 Å². The molecule has 2 aromatic rings. The first-order valence-electron chi connectivity index (χ1n) is 9.16. The molecule has 0 radical (unpaired) electrons. The number of rotatable bonds is 8. The van der Waals surface area contributed by atoms with Crippen LogP contribution in [0.25, 0.3) is 0 Å². The Balaban J connectivity index is 0.00000392. The predicted molar refractivity (Wildman–Crippen MR) is 132 cm³/mol. The first-order chi connectivity index (χ1) is 12.9. The summed E-state index contributed by atoms with van der Waals surface area (Å²) in [5, 5.41) is 9.06. The summed E-state index contributed by atoms with van der Waals surface area (Å²) in [5.41, 5.74) is 1.26. The van der Waals surface area contributed by atoms with E-state index in [1.807, 2.05) is 19.2 Å². The Hall–Kier alpha value is -1.32. The summed E-state index contributed by atoms with van der Waals surface area (Å²) in [6.07, 6.45) is 0. The molecule has 156 valence electrons. The quantitative estimate of drug-likeness (QED) is 0.315. The van der Waals surface area contributed by atoms with Crippen LogP contribution in [0.2, 0.25) is 0 Å². The van der Waals surface area contributed by atoms with Gasteiger partial charge in [0.15, 0.2) is 5.96 Å². The molecule has 0 spiro atoms. The number of nitrogens with one attached hydrogen (secondary N) is 2. The number of hydrogen-bond donors (Lipinski definition) is 2. The van der Waals surface area contributed by atoms with E-state index in [4.69, 9.17) is 4.74 Å². The molecule has 0 aliphatic heterocycles. The molecule has 2 N–H and O–H groups in total. The maximum atomic E-state index is 5.37. The summed E-state index contributed by atoms with van der Waals surface area (Å²) < 4.78 is 5.37. The van der Waals surface area contributed by atoms with Crippen LogP contribution < -0.4 is 15.4 Å². The summed E-state index contributed by atoms with van der Waals surface area (Å²) >= 11 is 1.79. The van der Waals surface area contributed by atoms with Gasteiger partial charge in [0.1, 0.15) is 5.75 Å². The van der Waals surface area contributed by atoms with Crippen LogP contribution in [0.5, 0.6) is 5.75 Å². The first kappa shape index (κ1) is 24.7. The monoisotopic (exact) mass is 516 g/mol. The largest absolute Gasteiger partial charge is 0.497 e. The molecule has 28 heavy (non-hydrogen) atoms. The van der Waals surface area contributed by atoms with Gasteiger partial charge in [0.25, 0.3) is 0 Å². The van der Waals surface area contributed by atoms with Crippen molar-refractivity contribution in [3.05, 3.63) is 52.2 Å². The lowest BCUT2D eigenvalue weighted by Crippen LogP contribution is -2.45. The van der Waals surface area contributed by atoms with Crippen molar-refractivity contribution in [2.24, 2.45) is 4.99 Å². The maximum absolute atomic E-state index is 5.37. The molecule has 1 heterocycles. The van der Waals surface area contributed by atoms with Gasteiger partial charge in [-0.1, -0.05) is 32.0 Å². The van der Waals surface area contributed by atoms with Gasteiger partial charge < -0.3 is 20.3 Å². The second-order valence-electron chi connectivity index (χ2n) is 7.42. The fourth-order valence-corrected chi connectivity index (χ4v) is 3.77. The second kappa shape index (κ2) is 11.6. The van der Waals surface area contributed by atoms with Gasteiger partial charge in [-0.25, -0.2) is 0 Å². The van der Waals surface area contributed by atoms with E-state index in [1.54, 1.807) is 18.4 Å². The van der Waals surface area contributed by atoms with E-state index in [0.29, 0.717) is 0 Å². The number of aliphatic imine (C=N–C) groups is 1. The Labute approximate surface area is 190 Å². The number of benzene rings is 1. The van der Waals surface area contributed by atoms with Gasteiger partial charge in [0.2, 0.25) is 0 Å². The van der Waals surface area contributed by atoms with E-state index in [-0.39, 0.29) is 35.4 Å². The smallest absolute Gasteiger partial charge is 0.191 e. The van der Waals surface area contributed by atoms with Gasteiger partial charge in [0, 0.05) is 30.4 Å². The van der Waals surface area contributed by atoms with Gasteiger partial charge in [-0.3, -0.25) is 4.99 Å². The van der Waals surface area contributed by atoms with E-state index < -0.39 is 0 Å². The molecule has 1 atom stereocenters. The van der Waals surface area contributed by atoms with Crippen molar-refractivity contribution in [2.75, 3.05) is 41.3 Å². The fraction of sp³-hybridized carbons (Fsp3) is 0.476. The van der Waals surface area contributed by atoms with Crippen molar-refractivity contribution in [1.29, 1.82) is 0 Å². The van der Waals surface area contributed by atoms with Crippen LogP contribution >= 0.6 is 35.3 Å². The van der Waals surface area contributed by atoms with E-state index in [0.717, 1.165) is 24.8 Å². The minimum atomic E-state index is 0. The zero-order valence-electron chi connectivity index (χ0n) is 17.7. The number of ether oxygens (including phenoxy) is 1. The summed E-state index contributed by atoms with van der Waals surface area (Å²) in [6, 6.07) is 12.7. The molecule has 2 rings (SSSR count). The molecule has 1 unspecified atom stereocenters. The minimum Gasteiger partial charge on any atom is -0.497 e. The highest BCUT2D eigenvalue weighted by Gasteiger charge is 2.22. The normalized spacial score (nSPS) is 13.0. The number of thiophene rings is 1. The van der Waals surface area contributed by atoms with Gasteiger partial charge >= 0.3 is 0 Å². The third-order valence-electron chi connectivity index (χ3n) is 4.67. The lowest BCUT2D eigenvalue weighted by molar-refractivity contribution is 0.297. The minimum absolute atomic E-state index is 0. The molecule has 0 saturated carbocycles. The molecule has 0 aliphatic rings. The molecule has 0 fully saturated rings. The number of nitrogens with zero attached hydrogens (tertiary/aromatic N) is 2. The van der Waals surface area contributed by atoms with E-state index in [1.165, 1.54) is 10.4 Å². The highest BCUT2D eigenvalue weighted by atomic mass is 127. The van der Waals surface area contributed by atoms with Crippen molar-refractivity contribution in [3.8, 4) is 5.75 Å². The van der Waals surface area contributed by atoms with Gasteiger partial charge in [-0.15, -0.1) is 35.3 Å². The number of guanidine groups is 1. The lowest BCUT2D eigenvalue weighted by Gasteiger charge is -2.28. The van der Waals surface area contributed by atoms with Crippen LogP contribution in [0.3, 0.4) is 0 Å². The molecular weight excluding hydrogens is 483 g/mol. The topological polar surface area (TPSA) is 48.9 Å². The second-order valence-corrected chi connectivity index (χ2v) is 8.37. The molecule has 7 heteroatoms. The van der Waals surface area contributed by atoms with Crippen LogP contribution in [0.1, 0.15) is 30.3 Å². The number of likely N-dealkylation sites (N-methyl/N-ethyl adjacent to an activating group) is 1. The average molecular weight is 516 g/mol. The zero-order valence-corrected chi connectivity index (χ0v) is 20.8. The van der Waals surface area contributed by atoms with E-state index >= 15 is 0 Å². The zero-order chi connectivity index (χ0) is 19.9. The highest BCUT2D eigenvalue weighted by molar-refractivity contribution is 14.0. The molecule has 5 nitrogen and oxygen atoms in total. The molecule has 1 aromatic carbocycles. The molecule has 0 saturated heterocycles. The molecule has 0 aliphatic carbocycles. The summed E-state index contributed by atoms with van der Waals surface area (Å²) in [6.45, 7) is 6.06. The van der Waals surface area contributed by atoms with Crippen LogP contribution in [0, 0.1) is 0 Å². The number of halogens is 1. The molecule has 0 bridgehead atoms. The lowest BCUT2D eigenvalue weighted by atomic mass is 9.91. The first-order valence-corrected chi connectivity index (χ1v) is 10.0. The van der Waals surface area contributed by atoms with Crippen LogP contribution in [-0.2, 0) is 5.41 Å². The predicted octanol–water partition coefficient (Wildman–Crippen LogP) is 4.12. The van der Waals surface area contributed by atoms with Crippen LogP contribution in [-0.4, -0.2) is 52.2 Å². The third-order valence-corrected chi connectivity index (χ3v) is 5.91. The summed E-state index contributed by atoms with van der Waals surface area (Å²) in [4.78, 5) is 7.95. The van der Waals surface area contributed by atoms with Crippen LogP contribution in [0.15, 0.2) is 46.8 Å². The number of methoxy groups -OCH3 is 1. The van der Waals surface area contributed by atoms with E-state index in [2.05, 4.69) is 78.1 Å². The average Bonchev–Trinajstić information content (AvgIpc) is 3.20. The summed E-state index contributed by atoms with van der Waals surface area (Å²) in [7, 11) is 7.68. The number of hydrogen-bond acceptors (Lipinski definition) is 4. The Bertz CT molecular complexity index is 732. The van der Waals surface area contributed by atoms with Gasteiger partial charge in [-0.05, 0) is 43.2 Å². The van der Waals surface area contributed by atoms with E-state index in [9.17, 15) is 0 Å². The SMILES string of the molecule is CN=C(NCC(c1cccc(OC)c1)N(C)C)NCC(C)(C)c1cccs1.I. The fourth-order valence-electron chi connectivity index (χ4n) is 2.92. The Morgan fingerprint density at radius 1 is 1.21 bits per heavy atom. The Kier molecular flexibility index (Phi) is 10.3. The van der Waals surface area contributed by atoms with Crippen molar-refractivity contribution >= 4 is 41.3 Å². The van der Waals surface area contributed by atoms with Crippen molar-refractivity contribution in [1.82, 2.24) is 15.5 Å². The summed E-state index contributed by atoms with van der Waals surface area (Å²) in [5.74, 6) is 1.69. The Morgan fingerprint density at radius 3 is 2.54 bits per heavy atom. The van der Waals surface area contributed by atoms with Gasteiger partial charge in [-0.2, -0.15) is 0 Å². The standard InChI is InChI=1S/C21H32N4OS.HI/c1-21(2,19-11-8-12-27-19)15-24-20(22-3)23-14-18(25(4)5)16-9-7-10-17(13-16)26-6;/h7-13,18H,14-15H2,1-6H3,(H2,22,23,24);1H. The van der Waals surface area contributed by atoms with Crippen molar-refractivity contribution in [2.45, 2.75) is 25.3 Å². The third kappa shape index (κ3) is 6.93. The highest BCUT2D eigenvalue weighted by Crippen LogP contribution is 2.26. The maximum Gasteiger partial charge on any atom is 0.191 e. The van der Waals surface area contributed by atoms with Crippen molar-refractivity contribution < 1.29 is 4.74 Å². The molecule has 1 aromatic heterocycles. The Morgan fingerprint density at radius 2 is 1.96 bits per heavy atom. The van der Waals surface area contributed by atoms with Crippen molar-refractivity contribution in [3.63, 3.8) is 0 Å². The molecular formula is C21H33IN4OS. The molecule has 0 amide bonds.